The first-order valence-electron chi connectivity index (χ1n) is 6.53. The van der Waals surface area contributed by atoms with Crippen molar-refractivity contribution in [2.24, 2.45) is 0 Å². The number of nitrogens with one attached hydrogen (secondary N) is 1. The molecule has 1 unspecified atom stereocenters. The highest BCUT2D eigenvalue weighted by Crippen LogP contribution is 2.35. The van der Waals surface area contributed by atoms with E-state index in [9.17, 15) is 24.8 Å². The number of rotatable bonds is 3. The molecule has 0 saturated carbocycles. The molecular formula is C15H10N2O6. The number of nitro benzene ring substituents is 1. The molecule has 0 aromatic heterocycles. The molecule has 8 nitrogen and oxygen atoms in total. The van der Waals surface area contributed by atoms with Crippen LogP contribution in [-0.4, -0.2) is 21.9 Å². The van der Waals surface area contributed by atoms with Gasteiger partial charge in [0.15, 0.2) is 0 Å². The van der Waals surface area contributed by atoms with Crippen LogP contribution in [0.25, 0.3) is 0 Å². The van der Waals surface area contributed by atoms with Crippen molar-refractivity contribution in [1.82, 2.24) is 0 Å². The average Bonchev–Trinajstić information content (AvgIpc) is 2.81. The van der Waals surface area contributed by atoms with E-state index in [0.29, 0.717) is 0 Å². The largest absolute Gasteiger partial charge is 0.415 e. The predicted octanol–water partition coefficient (Wildman–Crippen LogP) is 1.55. The van der Waals surface area contributed by atoms with Gasteiger partial charge in [-0.3, -0.25) is 14.9 Å². The fourth-order valence-corrected chi connectivity index (χ4v) is 2.25. The number of amides is 1. The van der Waals surface area contributed by atoms with E-state index in [1.165, 1.54) is 36.4 Å². The lowest BCUT2D eigenvalue weighted by molar-refractivity contribution is -0.384. The molecule has 0 aliphatic carbocycles. The molecule has 1 heterocycles. The van der Waals surface area contributed by atoms with Gasteiger partial charge in [0.25, 0.3) is 5.69 Å². The number of aliphatic hydroxyl groups is 1. The Balaban J connectivity index is 1.86. The van der Waals surface area contributed by atoms with Crippen molar-refractivity contribution in [2.75, 3.05) is 5.32 Å². The van der Waals surface area contributed by atoms with Crippen LogP contribution in [0.1, 0.15) is 15.9 Å². The van der Waals surface area contributed by atoms with Crippen LogP contribution >= 0.6 is 0 Å². The molecule has 1 aliphatic heterocycles. The van der Waals surface area contributed by atoms with Gasteiger partial charge in [0.05, 0.1) is 10.5 Å². The van der Waals surface area contributed by atoms with Gasteiger partial charge in [-0.25, -0.2) is 4.79 Å². The molecule has 0 radical (unpaired) electrons. The number of nitrogens with zero attached hydrogens (tertiary/aromatic N) is 1. The van der Waals surface area contributed by atoms with Gasteiger partial charge in [0, 0.05) is 23.4 Å². The van der Waals surface area contributed by atoms with Gasteiger partial charge < -0.3 is 15.2 Å². The molecule has 2 aromatic carbocycles. The van der Waals surface area contributed by atoms with E-state index >= 15 is 0 Å². The number of carbonyl (C=O) groups excluding carboxylic acids is 2. The fourth-order valence-electron chi connectivity index (χ4n) is 2.25. The van der Waals surface area contributed by atoms with E-state index in [1.54, 1.807) is 12.1 Å². The Morgan fingerprint density at radius 2 is 1.83 bits per heavy atom. The molecule has 23 heavy (non-hydrogen) atoms. The van der Waals surface area contributed by atoms with Crippen LogP contribution in [0.3, 0.4) is 0 Å². The number of carbonyl (C=O) groups is 2. The van der Waals surface area contributed by atoms with Gasteiger partial charge in [0.1, 0.15) is 0 Å². The molecule has 2 N–H and O–H groups in total. The molecule has 8 heteroatoms. The summed E-state index contributed by atoms with van der Waals surface area (Å²) in [5.74, 6) is -4.21. The van der Waals surface area contributed by atoms with Crippen LogP contribution in [-0.2, 0) is 15.3 Å². The zero-order valence-electron chi connectivity index (χ0n) is 11.6. The molecule has 0 bridgehead atoms. The summed E-state index contributed by atoms with van der Waals surface area (Å²) in [7, 11) is 0. The maximum Gasteiger partial charge on any atom is 0.341 e. The second kappa shape index (κ2) is 5.18. The first-order chi connectivity index (χ1) is 10.9. The summed E-state index contributed by atoms with van der Waals surface area (Å²) in [5, 5.41) is 23.4. The van der Waals surface area contributed by atoms with Gasteiger partial charge in [-0.1, -0.05) is 18.2 Å². The summed E-state index contributed by atoms with van der Waals surface area (Å²) >= 11 is 0. The van der Waals surface area contributed by atoms with E-state index in [1.807, 2.05) is 0 Å². The maximum atomic E-state index is 12.3. The zero-order chi connectivity index (χ0) is 16.6. The number of esters is 1. The Bertz CT molecular complexity index is 817. The number of nitro groups is 1. The van der Waals surface area contributed by atoms with E-state index in [4.69, 9.17) is 4.74 Å². The Morgan fingerprint density at radius 1 is 1.17 bits per heavy atom. The van der Waals surface area contributed by atoms with Crippen molar-refractivity contribution < 1.29 is 24.4 Å². The molecule has 0 spiro atoms. The van der Waals surface area contributed by atoms with Crippen molar-refractivity contribution in [3.05, 3.63) is 69.8 Å². The minimum atomic E-state index is -2.44. The van der Waals surface area contributed by atoms with Crippen LogP contribution in [0.2, 0.25) is 0 Å². The minimum absolute atomic E-state index is 0.0458. The molecule has 3 rings (SSSR count). The molecule has 1 amide bonds. The quantitative estimate of drug-likeness (QED) is 0.504. The number of non-ortho nitro benzene ring substituents is 1. The van der Waals surface area contributed by atoms with E-state index in [0.717, 1.165) is 0 Å². The zero-order valence-corrected chi connectivity index (χ0v) is 11.6. The monoisotopic (exact) mass is 314 g/mol. The van der Waals surface area contributed by atoms with Gasteiger partial charge >= 0.3 is 17.7 Å². The highest BCUT2D eigenvalue weighted by atomic mass is 16.7. The van der Waals surface area contributed by atoms with E-state index in [-0.39, 0.29) is 22.5 Å². The summed E-state index contributed by atoms with van der Waals surface area (Å²) in [4.78, 5) is 34.0. The molecule has 0 fully saturated rings. The third kappa shape index (κ3) is 2.40. The van der Waals surface area contributed by atoms with Crippen molar-refractivity contribution in [1.29, 1.82) is 0 Å². The third-order valence-corrected chi connectivity index (χ3v) is 3.40. The highest BCUT2D eigenvalue weighted by Gasteiger charge is 2.50. The van der Waals surface area contributed by atoms with Gasteiger partial charge in [0.2, 0.25) is 0 Å². The lowest BCUT2D eigenvalue weighted by atomic mass is 10.0. The second-order valence-corrected chi connectivity index (χ2v) is 4.84. The van der Waals surface area contributed by atoms with Crippen LogP contribution < -0.4 is 5.32 Å². The van der Waals surface area contributed by atoms with Crippen molar-refractivity contribution in [3.8, 4) is 0 Å². The first kappa shape index (κ1) is 14.7. The van der Waals surface area contributed by atoms with Crippen molar-refractivity contribution in [3.63, 3.8) is 0 Å². The molecule has 116 valence electrons. The second-order valence-electron chi connectivity index (χ2n) is 4.84. The summed E-state index contributed by atoms with van der Waals surface area (Å²) < 4.78 is 4.81. The number of fused-ring (bicyclic) bond motifs is 1. The molecule has 0 saturated heterocycles. The number of anilines is 1. The first-order valence-corrected chi connectivity index (χ1v) is 6.53. The lowest BCUT2D eigenvalue weighted by Crippen LogP contribution is -2.40. The fraction of sp³-hybridized carbons (Fsp3) is 0.0667. The molecular weight excluding hydrogens is 304 g/mol. The van der Waals surface area contributed by atoms with Crippen molar-refractivity contribution in [2.45, 2.75) is 5.79 Å². The summed E-state index contributed by atoms with van der Waals surface area (Å²) in [6.07, 6.45) is 0. The highest BCUT2D eigenvalue weighted by molar-refractivity contribution is 6.05. The van der Waals surface area contributed by atoms with Crippen molar-refractivity contribution >= 4 is 23.3 Å². The Hall–Kier alpha value is -3.26. The number of hydrogen-bond donors (Lipinski definition) is 2. The standard InChI is InChI=1S/C15H10N2O6/c18-13-11-3-1-2-4-12(11)15(20,23-13)14(19)16-9-5-7-10(8-6-9)17(21)22/h1-8,20H,(H,16,19). The van der Waals surface area contributed by atoms with Gasteiger partial charge in [-0.15, -0.1) is 0 Å². The molecule has 1 aliphatic rings. The summed E-state index contributed by atoms with van der Waals surface area (Å²) in [5.41, 5.74) is 0.229. The number of hydrogen-bond acceptors (Lipinski definition) is 6. The average molecular weight is 314 g/mol. The van der Waals surface area contributed by atoms with E-state index in [2.05, 4.69) is 5.32 Å². The predicted molar refractivity (Wildman–Crippen MR) is 77.5 cm³/mol. The van der Waals surface area contributed by atoms with Crippen LogP contribution in [0, 0.1) is 10.1 Å². The van der Waals surface area contributed by atoms with Crippen LogP contribution in [0.15, 0.2) is 48.5 Å². The number of ether oxygens (including phenoxy) is 1. The normalized spacial score (nSPS) is 18.9. The lowest BCUT2D eigenvalue weighted by Gasteiger charge is -2.21. The Morgan fingerprint density at radius 3 is 2.48 bits per heavy atom. The molecule has 2 aromatic rings. The van der Waals surface area contributed by atoms with Gasteiger partial charge in [-0.2, -0.15) is 0 Å². The Kier molecular flexibility index (Phi) is 3.30. The SMILES string of the molecule is O=C1OC(O)(C(=O)Nc2ccc([N+](=O)[O-])cc2)c2ccccc21. The van der Waals surface area contributed by atoms with Crippen LogP contribution in [0.4, 0.5) is 11.4 Å². The third-order valence-electron chi connectivity index (χ3n) is 3.40. The summed E-state index contributed by atoms with van der Waals surface area (Å²) in [6, 6.07) is 11.0. The maximum absolute atomic E-state index is 12.3. The smallest absolute Gasteiger partial charge is 0.341 e. The topological polar surface area (TPSA) is 119 Å². The molecule has 1 atom stereocenters. The van der Waals surface area contributed by atoms with Crippen LogP contribution in [0.5, 0.6) is 0 Å². The minimum Gasteiger partial charge on any atom is -0.415 e. The summed E-state index contributed by atoms with van der Waals surface area (Å²) in [6.45, 7) is 0. The van der Waals surface area contributed by atoms with Gasteiger partial charge in [-0.05, 0) is 18.2 Å². The number of benzene rings is 2. The Labute approximate surface area is 129 Å². The number of cyclic esters (lactones) is 1. The van der Waals surface area contributed by atoms with E-state index < -0.39 is 22.6 Å².